The van der Waals surface area contributed by atoms with Gasteiger partial charge in [0.25, 0.3) is 0 Å². The van der Waals surface area contributed by atoms with Crippen LogP contribution in [0.4, 0.5) is 0 Å². The molecule has 3 rings (SSSR count). The molecule has 0 bridgehead atoms. The Balaban J connectivity index is 1.72. The second-order valence-corrected chi connectivity index (χ2v) is 11.8. The molecule has 0 aliphatic carbocycles. The van der Waals surface area contributed by atoms with Crippen LogP contribution in [-0.2, 0) is 4.79 Å². The molecular weight excluding hydrogens is 427 g/mol. The van der Waals surface area contributed by atoms with Crippen LogP contribution in [-0.4, -0.2) is 43.1 Å². The van der Waals surface area contributed by atoms with Crippen LogP contribution in [0.1, 0.15) is 19.3 Å². The Kier molecular flexibility index (Phi) is 9.03. The number of carbonyl (C=O) groups is 1. The van der Waals surface area contributed by atoms with Gasteiger partial charge in [0, 0.05) is 26.6 Å². The minimum Gasteiger partial charge on any atom is -0.370 e. The number of hydrogen-bond acceptors (Lipinski definition) is 2. The van der Waals surface area contributed by atoms with Crippen molar-refractivity contribution in [1.82, 2.24) is 10.2 Å². The lowest BCUT2D eigenvalue weighted by Gasteiger charge is -2.27. The summed E-state index contributed by atoms with van der Waals surface area (Å²) in [6.45, 7) is 1.10. The molecule has 0 saturated heterocycles. The van der Waals surface area contributed by atoms with E-state index in [1.807, 2.05) is 0 Å². The number of nitrogens with zero attached hydrogens (tertiary/aromatic N) is 1. The zero-order valence-electron chi connectivity index (χ0n) is 19.3. The van der Waals surface area contributed by atoms with Crippen molar-refractivity contribution in [3.05, 3.63) is 91.0 Å². The molecule has 3 aromatic carbocycles. The number of unbranched alkanes of at least 4 members (excludes halogenated alkanes) is 1. The fraction of sp³-hybridized carbons (Fsp3) is 0.259. The highest BCUT2D eigenvalue weighted by Crippen LogP contribution is 2.55. The van der Waals surface area contributed by atoms with Gasteiger partial charge in [-0.1, -0.05) is 54.6 Å². The van der Waals surface area contributed by atoms with E-state index in [0.29, 0.717) is 19.5 Å². The largest absolute Gasteiger partial charge is 0.370 e. The third-order valence-corrected chi connectivity index (χ3v) is 10.4. The summed E-state index contributed by atoms with van der Waals surface area (Å²) in [5.74, 6) is -0.0239. The molecule has 0 fully saturated rings. The molecule has 4 N–H and O–H groups in total. The molecule has 172 valence electrons. The number of guanidine groups is 1. The second kappa shape index (κ2) is 12.2. The van der Waals surface area contributed by atoms with E-state index < -0.39 is 7.26 Å². The molecule has 0 heterocycles. The number of benzene rings is 3. The maximum Gasteiger partial charge on any atom is 0.221 e. The van der Waals surface area contributed by atoms with Gasteiger partial charge in [0.15, 0.2) is 5.96 Å². The van der Waals surface area contributed by atoms with Gasteiger partial charge < -0.3 is 16.0 Å². The highest BCUT2D eigenvalue weighted by atomic mass is 31.2. The first-order chi connectivity index (χ1) is 16.0. The molecule has 0 spiro atoms. The van der Waals surface area contributed by atoms with Crippen LogP contribution in [0.25, 0.3) is 0 Å². The van der Waals surface area contributed by atoms with E-state index in [9.17, 15) is 4.79 Å². The zero-order valence-corrected chi connectivity index (χ0v) is 20.2. The molecule has 3 aromatic rings. The lowest BCUT2D eigenvalue weighted by molar-refractivity contribution is -0.121. The first-order valence-electron chi connectivity index (χ1n) is 11.4. The van der Waals surface area contributed by atoms with E-state index in [1.54, 1.807) is 11.9 Å². The van der Waals surface area contributed by atoms with Gasteiger partial charge in [0.1, 0.15) is 23.2 Å². The van der Waals surface area contributed by atoms with Crippen LogP contribution >= 0.6 is 7.26 Å². The minimum atomic E-state index is -1.81. The molecular formula is C27H34N4OP+. The monoisotopic (exact) mass is 461 g/mol. The number of nitrogens with two attached hydrogens (primary N) is 1. The van der Waals surface area contributed by atoms with E-state index >= 15 is 0 Å². The van der Waals surface area contributed by atoms with Crippen molar-refractivity contribution in [2.75, 3.05) is 26.3 Å². The Morgan fingerprint density at radius 1 is 0.848 bits per heavy atom. The van der Waals surface area contributed by atoms with Crippen molar-refractivity contribution in [3.8, 4) is 0 Å². The van der Waals surface area contributed by atoms with Crippen LogP contribution < -0.4 is 27.0 Å². The Labute approximate surface area is 197 Å². The van der Waals surface area contributed by atoms with Gasteiger partial charge in [0.2, 0.25) is 5.91 Å². The summed E-state index contributed by atoms with van der Waals surface area (Å²) in [6, 6.07) is 32.6. The number of nitrogens with one attached hydrogen (secondary N) is 2. The van der Waals surface area contributed by atoms with Crippen molar-refractivity contribution < 1.29 is 4.79 Å². The molecule has 0 aliphatic heterocycles. The zero-order chi connectivity index (χ0) is 23.5. The molecule has 0 radical (unpaired) electrons. The highest BCUT2D eigenvalue weighted by molar-refractivity contribution is 7.95. The lowest BCUT2D eigenvalue weighted by Crippen LogP contribution is -2.36. The summed E-state index contributed by atoms with van der Waals surface area (Å²) in [4.78, 5) is 13.7. The summed E-state index contributed by atoms with van der Waals surface area (Å²) < 4.78 is 0. The second-order valence-electron chi connectivity index (χ2n) is 8.15. The molecule has 1 amide bonds. The van der Waals surface area contributed by atoms with E-state index in [-0.39, 0.29) is 11.9 Å². The summed E-state index contributed by atoms with van der Waals surface area (Å²) in [6.07, 6.45) is 3.32. The van der Waals surface area contributed by atoms with Gasteiger partial charge in [-0.3, -0.25) is 10.2 Å². The molecule has 0 saturated carbocycles. The third-order valence-electron chi connectivity index (χ3n) is 5.92. The SMILES string of the molecule is CN(CCC(=O)NCCCC[P+](c1ccccc1)(c1ccccc1)c1ccccc1)C(=N)N. The fourth-order valence-electron chi connectivity index (χ4n) is 4.06. The van der Waals surface area contributed by atoms with Gasteiger partial charge >= 0.3 is 0 Å². The highest BCUT2D eigenvalue weighted by Gasteiger charge is 2.44. The van der Waals surface area contributed by atoms with Gasteiger partial charge in [-0.2, -0.15) is 0 Å². The predicted octanol–water partition coefficient (Wildman–Crippen LogP) is 3.09. The van der Waals surface area contributed by atoms with Crippen LogP contribution in [0.15, 0.2) is 91.0 Å². The molecule has 0 aromatic heterocycles. The van der Waals surface area contributed by atoms with Crippen molar-refractivity contribution >= 4 is 35.0 Å². The van der Waals surface area contributed by atoms with E-state index in [4.69, 9.17) is 11.1 Å². The van der Waals surface area contributed by atoms with Crippen molar-refractivity contribution in [3.63, 3.8) is 0 Å². The van der Waals surface area contributed by atoms with Crippen molar-refractivity contribution in [2.24, 2.45) is 5.73 Å². The topological polar surface area (TPSA) is 82.2 Å². The van der Waals surface area contributed by atoms with E-state index in [1.165, 1.54) is 15.9 Å². The van der Waals surface area contributed by atoms with Gasteiger partial charge in [-0.15, -0.1) is 0 Å². The minimum absolute atomic E-state index is 0.00154. The Bertz CT molecular complexity index is 915. The first kappa shape index (κ1) is 24.5. The molecule has 0 unspecified atom stereocenters. The predicted molar refractivity (Wildman–Crippen MR) is 141 cm³/mol. The van der Waals surface area contributed by atoms with Gasteiger partial charge in [0.05, 0.1) is 6.16 Å². The van der Waals surface area contributed by atoms with Crippen LogP contribution in [0, 0.1) is 5.41 Å². The van der Waals surface area contributed by atoms with E-state index in [2.05, 4.69) is 96.3 Å². The Hall–Kier alpha value is -3.17. The summed E-state index contributed by atoms with van der Waals surface area (Å²) in [5.41, 5.74) is 5.43. The average Bonchev–Trinajstić information content (AvgIpc) is 2.86. The Morgan fingerprint density at radius 2 is 1.30 bits per heavy atom. The van der Waals surface area contributed by atoms with Gasteiger partial charge in [-0.25, -0.2) is 0 Å². The average molecular weight is 462 g/mol. The fourth-order valence-corrected chi connectivity index (χ4v) is 8.47. The normalized spacial score (nSPS) is 11.1. The van der Waals surface area contributed by atoms with Gasteiger partial charge in [-0.05, 0) is 49.2 Å². The Morgan fingerprint density at radius 3 is 1.73 bits per heavy atom. The first-order valence-corrected chi connectivity index (χ1v) is 13.4. The van der Waals surface area contributed by atoms with Crippen molar-refractivity contribution in [1.29, 1.82) is 5.41 Å². The summed E-state index contributed by atoms with van der Waals surface area (Å²) >= 11 is 0. The van der Waals surface area contributed by atoms with Crippen LogP contribution in [0.3, 0.4) is 0 Å². The lowest BCUT2D eigenvalue weighted by atomic mass is 10.3. The molecule has 0 atom stereocenters. The number of hydrogen-bond donors (Lipinski definition) is 3. The summed E-state index contributed by atoms with van der Waals surface area (Å²) in [5, 5.41) is 14.6. The van der Waals surface area contributed by atoms with Crippen molar-refractivity contribution in [2.45, 2.75) is 19.3 Å². The van der Waals surface area contributed by atoms with Crippen LogP contribution in [0.5, 0.6) is 0 Å². The van der Waals surface area contributed by atoms with Crippen LogP contribution in [0.2, 0.25) is 0 Å². The number of carbonyl (C=O) groups excluding carboxylic acids is 1. The molecule has 5 nitrogen and oxygen atoms in total. The third kappa shape index (κ3) is 6.43. The number of amides is 1. The smallest absolute Gasteiger partial charge is 0.221 e. The molecule has 6 heteroatoms. The molecule has 0 aliphatic rings. The maximum absolute atomic E-state index is 12.2. The number of rotatable bonds is 11. The standard InChI is InChI=1S/C27H33N4OP/c1-31(27(28)29)21-19-26(32)30-20-11-12-22-33(23-13-5-2-6-14-23,24-15-7-3-8-16-24)25-17-9-4-10-18-25/h2-10,13-18H,11-12,19-22H2,1H3,(H3-,28,29,30,32)/p+1. The molecule has 33 heavy (non-hydrogen) atoms. The maximum atomic E-state index is 12.2. The quantitative estimate of drug-likeness (QED) is 0.178. The van der Waals surface area contributed by atoms with E-state index in [0.717, 1.165) is 19.0 Å². The summed E-state index contributed by atoms with van der Waals surface area (Å²) in [7, 11) is -0.0930.